The van der Waals surface area contributed by atoms with Crippen LogP contribution in [0.25, 0.3) is 0 Å². The number of aromatic nitrogens is 2. The molecule has 0 aliphatic carbocycles. The van der Waals surface area contributed by atoms with E-state index in [1.807, 2.05) is 0 Å². The van der Waals surface area contributed by atoms with Gasteiger partial charge >= 0.3 is 5.69 Å². The summed E-state index contributed by atoms with van der Waals surface area (Å²) in [4.78, 5) is 34.6. The second-order valence-corrected chi connectivity index (χ2v) is 6.90. The van der Waals surface area contributed by atoms with Crippen LogP contribution in [0.5, 0.6) is 0 Å². The van der Waals surface area contributed by atoms with E-state index in [9.17, 15) is 19.7 Å². The van der Waals surface area contributed by atoms with Gasteiger partial charge in [0.2, 0.25) is 0 Å². The van der Waals surface area contributed by atoms with Crippen molar-refractivity contribution in [2.75, 3.05) is 19.6 Å². The Bertz CT molecular complexity index is 930. The maximum Gasteiger partial charge on any atom is 0.331 e. The molecular formula is C19H27BrN4O4. The van der Waals surface area contributed by atoms with Gasteiger partial charge in [-0.05, 0) is 32.9 Å². The predicted molar refractivity (Wildman–Crippen MR) is 104 cm³/mol. The van der Waals surface area contributed by atoms with Gasteiger partial charge in [0.25, 0.3) is 11.2 Å². The number of aryl methyl sites for hydroxylation is 1. The molecule has 0 bridgehead atoms. The van der Waals surface area contributed by atoms with Crippen molar-refractivity contribution in [3.05, 3.63) is 72.5 Å². The van der Waals surface area contributed by atoms with Crippen LogP contribution in [0.15, 0.2) is 39.9 Å². The first-order chi connectivity index (χ1) is 12.7. The first-order valence-electron chi connectivity index (χ1n) is 9.09. The van der Waals surface area contributed by atoms with Crippen molar-refractivity contribution in [2.45, 2.75) is 33.9 Å². The van der Waals surface area contributed by atoms with E-state index in [1.165, 1.54) is 25.2 Å². The summed E-state index contributed by atoms with van der Waals surface area (Å²) in [5.41, 5.74) is 1.15. The first-order valence-corrected chi connectivity index (χ1v) is 9.09. The van der Waals surface area contributed by atoms with Crippen molar-refractivity contribution in [1.29, 1.82) is 0 Å². The standard InChI is InChI=1S/C19H27N4O4.BrH/c1-5-23(6-2,14-16-7-9-17(10-8-16)22(26)27)12-11-21-15(3)13-18(24)20(4)19(21)25;/h7-10,13H,5-6,11-12,14H2,1-4H3;1H/q+1;/p-1. The number of nitro groups is 1. The maximum atomic E-state index is 12.4. The highest BCUT2D eigenvalue weighted by atomic mass is 79.9. The van der Waals surface area contributed by atoms with Gasteiger partial charge in [-0.1, -0.05) is 0 Å². The highest BCUT2D eigenvalue weighted by Crippen LogP contribution is 2.18. The lowest BCUT2D eigenvalue weighted by Gasteiger charge is -2.37. The van der Waals surface area contributed by atoms with Gasteiger partial charge in [0.05, 0.1) is 31.1 Å². The molecule has 0 saturated heterocycles. The van der Waals surface area contributed by atoms with Gasteiger partial charge in [0, 0.05) is 36.5 Å². The Morgan fingerprint density at radius 3 is 2.18 bits per heavy atom. The van der Waals surface area contributed by atoms with Crippen LogP contribution in [-0.2, 0) is 20.1 Å². The molecule has 0 saturated carbocycles. The molecule has 2 rings (SSSR count). The Morgan fingerprint density at radius 2 is 1.68 bits per heavy atom. The molecule has 0 fully saturated rings. The van der Waals surface area contributed by atoms with Crippen LogP contribution in [0.1, 0.15) is 25.1 Å². The number of hydrogen-bond donors (Lipinski definition) is 0. The van der Waals surface area contributed by atoms with E-state index in [-0.39, 0.29) is 33.9 Å². The zero-order valence-corrected chi connectivity index (χ0v) is 18.3. The smallest absolute Gasteiger partial charge is 0.331 e. The zero-order valence-electron chi connectivity index (χ0n) is 16.7. The molecule has 0 spiro atoms. The minimum Gasteiger partial charge on any atom is -1.00 e. The monoisotopic (exact) mass is 454 g/mol. The van der Waals surface area contributed by atoms with Crippen molar-refractivity contribution >= 4 is 5.69 Å². The van der Waals surface area contributed by atoms with Gasteiger partial charge in [-0.2, -0.15) is 0 Å². The van der Waals surface area contributed by atoms with E-state index >= 15 is 0 Å². The predicted octanol–water partition coefficient (Wildman–Crippen LogP) is -1.18. The number of halogens is 1. The molecule has 1 heterocycles. The van der Waals surface area contributed by atoms with E-state index in [2.05, 4.69) is 13.8 Å². The third-order valence-electron chi connectivity index (χ3n) is 5.41. The van der Waals surface area contributed by atoms with Gasteiger partial charge in [-0.3, -0.25) is 24.0 Å². The Morgan fingerprint density at radius 1 is 1.11 bits per heavy atom. The molecule has 0 unspecified atom stereocenters. The van der Waals surface area contributed by atoms with Gasteiger partial charge in [0.15, 0.2) is 0 Å². The summed E-state index contributed by atoms with van der Waals surface area (Å²) >= 11 is 0. The Hall–Kier alpha value is -2.26. The number of benzene rings is 1. The second kappa shape index (κ2) is 9.79. The van der Waals surface area contributed by atoms with Gasteiger partial charge in [-0.15, -0.1) is 0 Å². The third kappa shape index (κ3) is 5.17. The number of rotatable bonds is 8. The van der Waals surface area contributed by atoms with Crippen LogP contribution in [0.2, 0.25) is 0 Å². The van der Waals surface area contributed by atoms with Crippen LogP contribution in [-0.4, -0.2) is 38.2 Å². The molecule has 0 N–H and O–H groups in total. The Kier molecular flexibility index (Phi) is 8.31. The first kappa shape index (κ1) is 23.8. The zero-order chi connectivity index (χ0) is 20.2. The van der Waals surface area contributed by atoms with Gasteiger partial charge in [-0.25, -0.2) is 4.79 Å². The average Bonchev–Trinajstić information content (AvgIpc) is 2.65. The highest BCUT2D eigenvalue weighted by molar-refractivity contribution is 5.32. The van der Waals surface area contributed by atoms with E-state index in [4.69, 9.17) is 0 Å². The fourth-order valence-electron chi connectivity index (χ4n) is 3.32. The van der Waals surface area contributed by atoms with Crippen LogP contribution >= 0.6 is 0 Å². The normalized spacial score (nSPS) is 11.1. The van der Waals surface area contributed by atoms with E-state index < -0.39 is 4.92 Å². The van der Waals surface area contributed by atoms with Gasteiger partial charge < -0.3 is 21.5 Å². The molecule has 0 aliphatic heterocycles. The molecule has 0 amide bonds. The highest BCUT2D eigenvalue weighted by Gasteiger charge is 2.24. The fourth-order valence-corrected chi connectivity index (χ4v) is 3.32. The molecule has 1 aromatic heterocycles. The number of non-ortho nitro benzene ring substituents is 1. The summed E-state index contributed by atoms with van der Waals surface area (Å²) < 4.78 is 3.50. The second-order valence-electron chi connectivity index (χ2n) is 6.90. The summed E-state index contributed by atoms with van der Waals surface area (Å²) in [6.45, 7) is 9.67. The van der Waals surface area contributed by atoms with Crippen molar-refractivity contribution in [1.82, 2.24) is 9.13 Å². The summed E-state index contributed by atoms with van der Waals surface area (Å²) in [5, 5.41) is 10.8. The summed E-state index contributed by atoms with van der Waals surface area (Å²) in [7, 11) is 1.49. The minimum absolute atomic E-state index is 0. The molecule has 1 aromatic carbocycles. The average molecular weight is 455 g/mol. The van der Waals surface area contributed by atoms with E-state index in [0.29, 0.717) is 12.2 Å². The van der Waals surface area contributed by atoms with Crippen molar-refractivity contribution in [2.24, 2.45) is 7.05 Å². The van der Waals surface area contributed by atoms with Crippen molar-refractivity contribution < 1.29 is 26.4 Å². The Balaban J connectivity index is 0.00000392. The lowest BCUT2D eigenvalue weighted by Crippen LogP contribution is -3.00. The Labute approximate surface area is 174 Å². The van der Waals surface area contributed by atoms with E-state index in [1.54, 1.807) is 23.6 Å². The van der Waals surface area contributed by atoms with Crippen LogP contribution in [0.3, 0.4) is 0 Å². The lowest BCUT2D eigenvalue weighted by molar-refractivity contribution is -0.938. The molecule has 9 heteroatoms. The number of nitro benzene ring substituents is 1. The third-order valence-corrected chi connectivity index (χ3v) is 5.41. The molecule has 2 aromatic rings. The molecule has 28 heavy (non-hydrogen) atoms. The molecular weight excluding hydrogens is 428 g/mol. The fraction of sp³-hybridized carbons (Fsp3) is 0.474. The SMILES string of the molecule is CC[N+](CC)(CCn1c(C)cc(=O)n(C)c1=O)Cc1ccc([N+](=O)[O-])cc1.[Br-]. The molecule has 154 valence electrons. The largest absolute Gasteiger partial charge is 1.00 e. The summed E-state index contributed by atoms with van der Waals surface area (Å²) in [6, 6.07) is 8.11. The number of quaternary nitrogens is 1. The summed E-state index contributed by atoms with van der Waals surface area (Å²) in [6.07, 6.45) is 0. The van der Waals surface area contributed by atoms with Gasteiger partial charge in [0.1, 0.15) is 6.54 Å². The topological polar surface area (TPSA) is 87.1 Å². The molecule has 0 atom stereocenters. The van der Waals surface area contributed by atoms with Crippen LogP contribution in [0, 0.1) is 17.0 Å². The van der Waals surface area contributed by atoms with Crippen molar-refractivity contribution in [3.63, 3.8) is 0 Å². The van der Waals surface area contributed by atoms with Crippen LogP contribution in [0.4, 0.5) is 5.69 Å². The van der Waals surface area contributed by atoms with Crippen molar-refractivity contribution in [3.8, 4) is 0 Å². The molecule has 0 radical (unpaired) electrons. The maximum absolute atomic E-state index is 12.4. The van der Waals surface area contributed by atoms with Crippen LogP contribution < -0.4 is 28.2 Å². The molecule has 8 nitrogen and oxygen atoms in total. The minimum atomic E-state index is -0.402. The number of hydrogen-bond acceptors (Lipinski definition) is 4. The summed E-state index contributed by atoms with van der Waals surface area (Å²) in [5.74, 6) is 0. The van der Waals surface area contributed by atoms with E-state index in [0.717, 1.165) is 40.8 Å². The quantitative estimate of drug-likeness (QED) is 0.285. The number of nitrogens with zero attached hydrogens (tertiary/aromatic N) is 4. The lowest BCUT2D eigenvalue weighted by atomic mass is 10.1. The number of likely N-dealkylation sites (N-methyl/N-ethyl adjacent to an activating group) is 1. The molecule has 0 aliphatic rings.